The van der Waals surface area contributed by atoms with E-state index in [1.54, 1.807) is 13.2 Å². The van der Waals surface area contributed by atoms with E-state index in [-0.39, 0.29) is 0 Å². The number of aromatic nitrogens is 2. The van der Waals surface area contributed by atoms with Crippen molar-refractivity contribution in [2.45, 2.75) is 26.3 Å². The van der Waals surface area contributed by atoms with E-state index in [4.69, 9.17) is 15.2 Å². The topological polar surface area (TPSA) is 70.3 Å². The lowest BCUT2D eigenvalue weighted by Crippen LogP contribution is -1.99. The Balaban J connectivity index is 2.27. The predicted octanol–water partition coefficient (Wildman–Crippen LogP) is 2.86. The van der Waals surface area contributed by atoms with E-state index in [2.05, 4.69) is 23.8 Å². The molecule has 5 nitrogen and oxygen atoms in total. The lowest BCUT2D eigenvalue weighted by molar-refractivity contribution is 0.406. The average molecular weight is 273 g/mol. The van der Waals surface area contributed by atoms with Gasteiger partial charge in [0.25, 0.3) is 0 Å². The number of benzene rings is 1. The first-order valence-corrected chi connectivity index (χ1v) is 6.50. The molecule has 0 aliphatic rings. The van der Waals surface area contributed by atoms with Gasteiger partial charge in [0.1, 0.15) is 17.8 Å². The molecule has 2 rings (SSSR count). The van der Waals surface area contributed by atoms with Crippen LogP contribution in [0.1, 0.15) is 31.0 Å². The maximum atomic E-state index is 5.77. The summed E-state index contributed by atoms with van der Waals surface area (Å²) in [6.45, 7) is 4.57. The zero-order chi connectivity index (χ0) is 14.5. The van der Waals surface area contributed by atoms with Gasteiger partial charge in [-0.3, -0.25) is 0 Å². The highest BCUT2D eigenvalue weighted by atomic mass is 16.5. The minimum absolute atomic E-state index is 0.324. The molecule has 106 valence electrons. The molecule has 1 aromatic carbocycles. The molecule has 0 saturated heterocycles. The third-order valence-electron chi connectivity index (χ3n) is 2.89. The van der Waals surface area contributed by atoms with Crippen LogP contribution in [0.3, 0.4) is 0 Å². The first-order chi connectivity index (χ1) is 9.62. The Hall–Kier alpha value is -2.14. The van der Waals surface area contributed by atoms with Gasteiger partial charge in [-0.15, -0.1) is 0 Å². The Morgan fingerprint density at radius 3 is 2.50 bits per heavy atom. The second-order valence-electron chi connectivity index (χ2n) is 4.76. The molecule has 0 aliphatic carbocycles. The van der Waals surface area contributed by atoms with Crippen LogP contribution in [-0.2, 0) is 6.54 Å². The van der Waals surface area contributed by atoms with Gasteiger partial charge in [0.15, 0.2) is 0 Å². The number of methoxy groups -OCH3 is 1. The molecule has 2 aromatic rings. The molecule has 0 aliphatic heterocycles. The Morgan fingerprint density at radius 1 is 1.10 bits per heavy atom. The monoisotopic (exact) mass is 273 g/mol. The molecule has 2 N–H and O–H groups in total. The molecule has 0 saturated carbocycles. The van der Waals surface area contributed by atoms with Crippen LogP contribution in [0.25, 0.3) is 0 Å². The Bertz CT molecular complexity index is 563. The Labute approximate surface area is 118 Å². The Morgan fingerprint density at radius 2 is 1.85 bits per heavy atom. The van der Waals surface area contributed by atoms with Gasteiger partial charge in [-0.05, 0) is 23.6 Å². The first kappa shape index (κ1) is 14.3. The van der Waals surface area contributed by atoms with Gasteiger partial charge in [-0.25, -0.2) is 9.97 Å². The highest BCUT2D eigenvalue weighted by molar-refractivity contribution is 5.40. The van der Waals surface area contributed by atoms with Crippen LogP contribution >= 0.6 is 0 Å². The average Bonchev–Trinajstić information content (AvgIpc) is 2.47. The SMILES string of the molecule is COc1cc(CN)cc(Oc2cc(C(C)C)ncn2)c1. The van der Waals surface area contributed by atoms with Crippen LogP contribution in [0.5, 0.6) is 17.4 Å². The molecule has 1 aromatic heterocycles. The summed E-state index contributed by atoms with van der Waals surface area (Å²) in [5, 5.41) is 0. The maximum absolute atomic E-state index is 5.77. The molecule has 1 heterocycles. The van der Waals surface area contributed by atoms with Gasteiger partial charge in [0.2, 0.25) is 5.88 Å². The van der Waals surface area contributed by atoms with Crippen molar-refractivity contribution in [2.24, 2.45) is 5.73 Å². The molecule has 20 heavy (non-hydrogen) atoms. The molecule has 0 amide bonds. The number of rotatable bonds is 5. The standard InChI is InChI=1S/C15H19N3O2/c1-10(2)14-7-15(18-9-17-14)20-13-5-11(8-16)4-12(6-13)19-3/h4-7,9-10H,8,16H2,1-3H3. The van der Waals surface area contributed by atoms with Crippen molar-refractivity contribution in [1.82, 2.24) is 9.97 Å². The van der Waals surface area contributed by atoms with Crippen LogP contribution < -0.4 is 15.2 Å². The smallest absolute Gasteiger partial charge is 0.222 e. The third kappa shape index (κ3) is 3.45. The molecular formula is C15H19N3O2. The van der Waals surface area contributed by atoms with Crippen molar-refractivity contribution >= 4 is 0 Å². The summed E-state index contributed by atoms with van der Waals surface area (Å²) in [4.78, 5) is 8.33. The summed E-state index contributed by atoms with van der Waals surface area (Å²) < 4.78 is 11.0. The van der Waals surface area contributed by atoms with Gasteiger partial charge in [0, 0.05) is 18.7 Å². The van der Waals surface area contributed by atoms with Crippen molar-refractivity contribution in [1.29, 1.82) is 0 Å². The highest BCUT2D eigenvalue weighted by Gasteiger charge is 2.07. The summed E-state index contributed by atoms with van der Waals surface area (Å²) in [7, 11) is 1.61. The quantitative estimate of drug-likeness (QED) is 0.907. The fourth-order valence-corrected chi connectivity index (χ4v) is 1.77. The van der Waals surface area contributed by atoms with Crippen LogP contribution in [-0.4, -0.2) is 17.1 Å². The maximum Gasteiger partial charge on any atom is 0.222 e. The Kier molecular flexibility index (Phi) is 4.53. The predicted molar refractivity (Wildman–Crippen MR) is 77.1 cm³/mol. The molecule has 5 heteroatoms. The van der Waals surface area contributed by atoms with Crippen molar-refractivity contribution in [2.75, 3.05) is 7.11 Å². The lowest BCUT2D eigenvalue weighted by atomic mass is 10.1. The lowest BCUT2D eigenvalue weighted by Gasteiger charge is -2.10. The van der Waals surface area contributed by atoms with Gasteiger partial charge in [0.05, 0.1) is 12.8 Å². The van der Waals surface area contributed by atoms with Gasteiger partial charge in [-0.1, -0.05) is 13.8 Å². The van der Waals surface area contributed by atoms with Crippen LogP contribution in [0.4, 0.5) is 0 Å². The number of nitrogens with zero attached hydrogens (tertiary/aromatic N) is 2. The zero-order valence-electron chi connectivity index (χ0n) is 12.0. The van der Waals surface area contributed by atoms with Crippen LogP contribution in [0, 0.1) is 0 Å². The van der Waals surface area contributed by atoms with E-state index in [9.17, 15) is 0 Å². The number of hydrogen-bond acceptors (Lipinski definition) is 5. The van der Waals surface area contributed by atoms with E-state index < -0.39 is 0 Å². The van der Waals surface area contributed by atoms with Crippen molar-refractivity contribution < 1.29 is 9.47 Å². The number of ether oxygens (including phenoxy) is 2. The van der Waals surface area contributed by atoms with Gasteiger partial charge in [-0.2, -0.15) is 0 Å². The van der Waals surface area contributed by atoms with Crippen molar-refractivity contribution in [3.05, 3.63) is 41.9 Å². The molecular weight excluding hydrogens is 254 g/mol. The normalized spacial score (nSPS) is 10.7. The fraction of sp³-hybridized carbons (Fsp3) is 0.333. The summed E-state index contributed by atoms with van der Waals surface area (Å²) in [5.74, 6) is 2.20. The zero-order valence-corrected chi connectivity index (χ0v) is 12.0. The van der Waals surface area contributed by atoms with Crippen LogP contribution in [0.15, 0.2) is 30.6 Å². The van der Waals surface area contributed by atoms with Gasteiger partial charge >= 0.3 is 0 Å². The summed E-state index contributed by atoms with van der Waals surface area (Å²) in [6, 6.07) is 7.40. The highest BCUT2D eigenvalue weighted by Crippen LogP contribution is 2.27. The molecule has 0 bridgehead atoms. The summed E-state index contributed by atoms with van der Waals surface area (Å²) in [6.07, 6.45) is 1.51. The number of nitrogens with two attached hydrogens (primary N) is 1. The summed E-state index contributed by atoms with van der Waals surface area (Å²) >= 11 is 0. The van der Waals surface area contributed by atoms with E-state index in [1.807, 2.05) is 18.2 Å². The van der Waals surface area contributed by atoms with E-state index >= 15 is 0 Å². The van der Waals surface area contributed by atoms with E-state index in [0.717, 1.165) is 11.3 Å². The largest absolute Gasteiger partial charge is 0.497 e. The fourth-order valence-electron chi connectivity index (χ4n) is 1.77. The molecule has 0 radical (unpaired) electrons. The minimum atomic E-state index is 0.324. The van der Waals surface area contributed by atoms with Crippen LogP contribution in [0.2, 0.25) is 0 Å². The summed E-state index contributed by atoms with van der Waals surface area (Å²) in [5.41, 5.74) is 7.55. The molecule has 0 fully saturated rings. The van der Waals surface area contributed by atoms with Crippen molar-refractivity contribution in [3.63, 3.8) is 0 Å². The second-order valence-corrected chi connectivity index (χ2v) is 4.76. The van der Waals surface area contributed by atoms with E-state index in [0.29, 0.717) is 29.8 Å². The third-order valence-corrected chi connectivity index (χ3v) is 2.89. The van der Waals surface area contributed by atoms with Gasteiger partial charge < -0.3 is 15.2 Å². The van der Waals surface area contributed by atoms with Crippen molar-refractivity contribution in [3.8, 4) is 17.4 Å². The van der Waals surface area contributed by atoms with E-state index in [1.165, 1.54) is 6.33 Å². The first-order valence-electron chi connectivity index (χ1n) is 6.50. The molecule has 0 spiro atoms. The molecule has 0 unspecified atom stereocenters. The molecule has 0 atom stereocenters. The number of hydrogen-bond donors (Lipinski definition) is 1. The minimum Gasteiger partial charge on any atom is -0.497 e. The second kappa shape index (κ2) is 6.34.